The molecule has 1 aliphatic heterocycles. The molecule has 2 rings (SSSR count). The Morgan fingerprint density at radius 3 is 2.47 bits per heavy atom. The Morgan fingerprint density at radius 2 is 1.80 bits per heavy atom. The van der Waals surface area contributed by atoms with E-state index in [1.54, 1.807) is 0 Å². The van der Waals surface area contributed by atoms with Crippen molar-refractivity contribution in [3.05, 3.63) is 0 Å². The predicted octanol–water partition coefficient (Wildman–Crippen LogP) is 1.51. The summed E-state index contributed by atoms with van der Waals surface area (Å²) in [6.07, 6.45) is 7.06. The van der Waals surface area contributed by atoms with Crippen molar-refractivity contribution in [3.63, 3.8) is 0 Å². The number of hydrogen-bond donors (Lipinski definition) is 1. The monoisotopic (exact) mass is 211 g/mol. The fraction of sp³-hybridized carbons (Fsp3) is 0.917. The van der Waals surface area contributed by atoms with Gasteiger partial charge in [0.1, 0.15) is 6.61 Å². The Labute approximate surface area is 91.6 Å². The van der Waals surface area contributed by atoms with Gasteiger partial charge in [0.2, 0.25) is 0 Å². The molecule has 0 aromatic heterocycles. The third kappa shape index (κ3) is 3.28. The van der Waals surface area contributed by atoms with Gasteiger partial charge in [0.15, 0.2) is 5.78 Å². The third-order valence-corrected chi connectivity index (χ3v) is 3.56. The van der Waals surface area contributed by atoms with Gasteiger partial charge in [-0.15, -0.1) is 0 Å². The molecule has 0 unspecified atom stereocenters. The van der Waals surface area contributed by atoms with Crippen LogP contribution in [-0.2, 0) is 9.53 Å². The Morgan fingerprint density at radius 1 is 1.13 bits per heavy atom. The van der Waals surface area contributed by atoms with Crippen LogP contribution in [-0.4, -0.2) is 31.6 Å². The van der Waals surface area contributed by atoms with E-state index in [2.05, 4.69) is 5.32 Å². The molecule has 2 aliphatic rings. The third-order valence-electron chi connectivity index (χ3n) is 3.56. The predicted molar refractivity (Wildman–Crippen MR) is 58.8 cm³/mol. The average molecular weight is 211 g/mol. The second kappa shape index (κ2) is 5.61. The number of nitrogens with one attached hydrogen (secondary N) is 1. The minimum atomic E-state index is 0.312. The number of rotatable bonds is 4. The Balaban J connectivity index is 1.65. The van der Waals surface area contributed by atoms with Crippen LogP contribution in [0.4, 0.5) is 0 Å². The van der Waals surface area contributed by atoms with Crippen LogP contribution in [0.5, 0.6) is 0 Å². The summed E-state index contributed by atoms with van der Waals surface area (Å²) in [5.41, 5.74) is 0. The number of Topliss-reactive ketones (excluding diaryl/α,β-unsaturated/α-hetero) is 1. The van der Waals surface area contributed by atoms with Gasteiger partial charge < -0.3 is 10.1 Å². The van der Waals surface area contributed by atoms with Gasteiger partial charge in [-0.25, -0.2) is 0 Å². The first-order valence-electron chi connectivity index (χ1n) is 6.21. The van der Waals surface area contributed by atoms with Crippen molar-refractivity contribution in [2.45, 2.75) is 44.6 Å². The second-order valence-corrected chi connectivity index (χ2v) is 4.71. The highest BCUT2D eigenvalue weighted by atomic mass is 16.5. The number of hydrogen-bond acceptors (Lipinski definition) is 3. The van der Waals surface area contributed by atoms with Crippen molar-refractivity contribution in [1.29, 1.82) is 0 Å². The topological polar surface area (TPSA) is 38.3 Å². The zero-order valence-corrected chi connectivity index (χ0v) is 9.34. The van der Waals surface area contributed by atoms with E-state index in [4.69, 9.17) is 4.74 Å². The minimum Gasteiger partial charge on any atom is -0.370 e. The molecule has 1 saturated carbocycles. The highest BCUT2D eigenvalue weighted by molar-refractivity contribution is 5.82. The Bertz CT molecular complexity index is 206. The molecule has 0 aromatic carbocycles. The van der Waals surface area contributed by atoms with Crippen LogP contribution < -0.4 is 5.32 Å². The molecular weight excluding hydrogens is 190 g/mol. The Kier molecular flexibility index (Phi) is 4.15. The van der Waals surface area contributed by atoms with E-state index in [1.807, 2.05) is 0 Å². The SMILES string of the molecule is O=C(COC1CCNCC1)C1CCCC1. The number of carbonyl (C=O) groups excluding carboxylic acids is 1. The van der Waals surface area contributed by atoms with Gasteiger partial charge in [-0.2, -0.15) is 0 Å². The maximum absolute atomic E-state index is 11.7. The zero-order chi connectivity index (χ0) is 10.5. The van der Waals surface area contributed by atoms with Gasteiger partial charge in [-0.3, -0.25) is 4.79 Å². The van der Waals surface area contributed by atoms with Crippen LogP contribution in [0.25, 0.3) is 0 Å². The molecule has 1 aliphatic carbocycles. The van der Waals surface area contributed by atoms with Gasteiger partial charge in [0.25, 0.3) is 0 Å². The van der Waals surface area contributed by atoms with Crippen LogP contribution in [0.3, 0.4) is 0 Å². The lowest BCUT2D eigenvalue weighted by Gasteiger charge is -2.23. The second-order valence-electron chi connectivity index (χ2n) is 4.71. The maximum atomic E-state index is 11.7. The van der Waals surface area contributed by atoms with Gasteiger partial charge in [-0.1, -0.05) is 12.8 Å². The van der Waals surface area contributed by atoms with Crippen molar-refractivity contribution >= 4 is 5.78 Å². The molecule has 3 heteroatoms. The summed E-state index contributed by atoms with van der Waals surface area (Å²) >= 11 is 0. The quantitative estimate of drug-likeness (QED) is 0.766. The summed E-state index contributed by atoms with van der Waals surface area (Å²) in [5, 5.41) is 3.29. The fourth-order valence-corrected chi connectivity index (χ4v) is 2.53. The molecule has 0 atom stereocenters. The summed E-state index contributed by atoms with van der Waals surface area (Å²) < 4.78 is 5.67. The molecule has 0 radical (unpaired) electrons. The summed E-state index contributed by atoms with van der Waals surface area (Å²) in [5.74, 6) is 0.651. The van der Waals surface area contributed by atoms with Gasteiger partial charge in [-0.05, 0) is 38.8 Å². The van der Waals surface area contributed by atoms with Crippen molar-refractivity contribution < 1.29 is 9.53 Å². The van der Waals surface area contributed by atoms with E-state index < -0.39 is 0 Å². The van der Waals surface area contributed by atoms with Crippen molar-refractivity contribution in [2.75, 3.05) is 19.7 Å². The molecule has 1 heterocycles. The van der Waals surface area contributed by atoms with E-state index in [9.17, 15) is 4.79 Å². The molecular formula is C12H21NO2. The van der Waals surface area contributed by atoms with Crippen LogP contribution in [0.15, 0.2) is 0 Å². The molecule has 15 heavy (non-hydrogen) atoms. The fourth-order valence-electron chi connectivity index (χ4n) is 2.53. The summed E-state index contributed by atoms with van der Waals surface area (Å²) in [7, 11) is 0. The van der Waals surface area contributed by atoms with Crippen LogP contribution >= 0.6 is 0 Å². The van der Waals surface area contributed by atoms with E-state index in [0.717, 1.165) is 38.8 Å². The van der Waals surface area contributed by atoms with Crippen molar-refractivity contribution in [2.24, 2.45) is 5.92 Å². The largest absolute Gasteiger partial charge is 0.370 e. The standard InChI is InChI=1S/C12H21NO2/c14-12(10-3-1-2-4-10)9-15-11-5-7-13-8-6-11/h10-11,13H,1-9H2. The minimum absolute atomic E-state index is 0.312. The lowest BCUT2D eigenvalue weighted by atomic mass is 10.0. The smallest absolute Gasteiger partial charge is 0.161 e. The van der Waals surface area contributed by atoms with Crippen LogP contribution in [0, 0.1) is 5.92 Å². The number of ether oxygens (including phenoxy) is 1. The molecule has 0 aromatic rings. The van der Waals surface area contributed by atoms with E-state index >= 15 is 0 Å². The van der Waals surface area contributed by atoms with E-state index in [1.165, 1.54) is 12.8 Å². The van der Waals surface area contributed by atoms with Gasteiger partial charge in [0, 0.05) is 5.92 Å². The summed E-state index contributed by atoms with van der Waals surface area (Å²) in [4.78, 5) is 11.7. The number of piperidine rings is 1. The molecule has 0 amide bonds. The average Bonchev–Trinajstić information content (AvgIpc) is 2.81. The lowest BCUT2D eigenvalue weighted by Crippen LogP contribution is -2.34. The zero-order valence-electron chi connectivity index (χ0n) is 9.34. The highest BCUT2D eigenvalue weighted by Gasteiger charge is 2.23. The maximum Gasteiger partial charge on any atom is 0.161 e. The van der Waals surface area contributed by atoms with Crippen LogP contribution in [0.1, 0.15) is 38.5 Å². The normalized spacial score (nSPS) is 24.5. The first-order chi connectivity index (χ1) is 7.36. The summed E-state index contributed by atoms with van der Waals surface area (Å²) in [6, 6.07) is 0. The van der Waals surface area contributed by atoms with Crippen molar-refractivity contribution in [3.8, 4) is 0 Å². The van der Waals surface area contributed by atoms with Gasteiger partial charge >= 0.3 is 0 Å². The molecule has 1 saturated heterocycles. The van der Waals surface area contributed by atoms with Gasteiger partial charge in [0.05, 0.1) is 6.10 Å². The molecule has 3 nitrogen and oxygen atoms in total. The van der Waals surface area contributed by atoms with Crippen LogP contribution in [0.2, 0.25) is 0 Å². The first-order valence-corrected chi connectivity index (χ1v) is 6.21. The highest BCUT2D eigenvalue weighted by Crippen LogP contribution is 2.25. The first kappa shape index (κ1) is 11.1. The summed E-state index contributed by atoms with van der Waals surface area (Å²) in [6.45, 7) is 2.42. The lowest BCUT2D eigenvalue weighted by molar-refractivity contribution is -0.129. The number of carbonyl (C=O) groups is 1. The molecule has 0 bridgehead atoms. The number of ketones is 1. The molecule has 1 N–H and O–H groups in total. The van der Waals surface area contributed by atoms with E-state index in [-0.39, 0.29) is 0 Å². The molecule has 86 valence electrons. The molecule has 2 fully saturated rings. The molecule has 0 spiro atoms. The van der Waals surface area contributed by atoms with Crippen molar-refractivity contribution in [1.82, 2.24) is 5.32 Å². The Hall–Kier alpha value is -0.410. The van der Waals surface area contributed by atoms with E-state index in [0.29, 0.717) is 24.4 Å².